The zero-order valence-electron chi connectivity index (χ0n) is 18.5. The molecule has 1 aliphatic rings. The van der Waals surface area contributed by atoms with E-state index in [1.54, 1.807) is 26.0 Å². The van der Waals surface area contributed by atoms with Crippen LogP contribution in [-0.4, -0.2) is 57.6 Å². The van der Waals surface area contributed by atoms with Crippen LogP contribution in [0.5, 0.6) is 23.0 Å². The molecule has 0 spiro atoms. The van der Waals surface area contributed by atoms with Gasteiger partial charge in [-0.2, -0.15) is 0 Å². The lowest BCUT2D eigenvalue weighted by atomic mass is 10.1. The lowest BCUT2D eigenvalue weighted by Gasteiger charge is -2.23. The maximum absolute atomic E-state index is 12.8. The van der Waals surface area contributed by atoms with E-state index in [2.05, 4.69) is 5.32 Å². The maximum atomic E-state index is 12.8. The van der Waals surface area contributed by atoms with Gasteiger partial charge in [0.25, 0.3) is 0 Å². The minimum Gasteiger partial charge on any atom is -0.493 e. The number of methoxy groups -OCH3 is 2. The molecule has 172 valence electrons. The Morgan fingerprint density at radius 1 is 1.00 bits per heavy atom. The molecule has 3 rings (SSSR count). The molecule has 32 heavy (non-hydrogen) atoms. The van der Waals surface area contributed by atoms with Gasteiger partial charge in [0.2, 0.25) is 6.79 Å². The highest BCUT2D eigenvalue weighted by Crippen LogP contribution is 2.33. The molecule has 0 atom stereocenters. The van der Waals surface area contributed by atoms with Crippen LogP contribution in [0.3, 0.4) is 0 Å². The van der Waals surface area contributed by atoms with Crippen molar-refractivity contribution in [3.63, 3.8) is 0 Å². The van der Waals surface area contributed by atoms with Gasteiger partial charge in [0.1, 0.15) is 6.54 Å². The number of nitrogens with one attached hydrogen (secondary N) is 1. The molecule has 1 heterocycles. The summed E-state index contributed by atoms with van der Waals surface area (Å²) in [7, 11) is 3.16. The minimum atomic E-state index is -0.483. The van der Waals surface area contributed by atoms with Crippen LogP contribution >= 0.6 is 0 Å². The number of fused-ring (bicyclic) bond motifs is 1. The van der Waals surface area contributed by atoms with E-state index in [1.807, 2.05) is 36.4 Å². The Morgan fingerprint density at radius 3 is 2.50 bits per heavy atom. The monoisotopic (exact) mass is 444 g/mol. The number of carbonyl (C=O) groups is 2. The van der Waals surface area contributed by atoms with E-state index in [-0.39, 0.29) is 26.0 Å². The largest absolute Gasteiger partial charge is 0.493 e. The van der Waals surface area contributed by atoms with Crippen LogP contribution in [0.1, 0.15) is 18.1 Å². The number of carbonyl (C=O) groups excluding carboxylic acids is 2. The van der Waals surface area contributed by atoms with Crippen LogP contribution < -0.4 is 24.3 Å². The van der Waals surface area contributed by atoms with Crippen LogP contribution in [0, 0.1) is 0 Å². The average molecular weight is 444 g/mol. The fraction of sp³-hybridized carbons (Fsp3) is 0.391. The molecular weight excluding hydrogens is 416 g/mol. The Labute approximate surface area is 187 Å². The van der Waals surface area contributed by atoms with Gasteiger partial charge in [-0.3, -0.25) is 4.79 Å². The molecule has 2 aromatic carbocycles. The highest BCUT2D eigenvalue weighted by atomic mass is 16.7. The average Bonchev–Trinajstić information content (AvgIpc) is 3.28. The number of hydrogen-bond donors (Lipinski definition) is 1. The first kappa shape index (κ1) is 23.1. The standard InChI is InChI=1S/C23H28N2O7/c1-4-30-22(26)13-24-23(27)25(14-17-6-8-19-21(12-17)32-15-31-19)10-9-16-5-7-18(28-2)20(11-16)29-3/h5-8,11-12H,4,9-10,13-15H2,1-3H3,(H,24,27). The van der Waals surface area contributed by atoms with Gasteiger partial charge in [0.15, 0.2) is 23.0 Å². The van der Waals surface area contributed by atoms with Crippen molar-refractivity contribution in [2.75, 3.05) is 40.7 Å². The van der Waals surface area contributed by atoms with Gasteiger partial charge < -0.3 is 33.9 Å². The van der Waals surface area contributed by atoms with Crippen molar-refractivity contribution in [1.82, 2.24) is 10.2 Å². The lowest BCUT2D eigenvalue weighted by molar-refractivity contribution is -0.141. The number of amides is 2. The van der Waals surface area contributed by atoms with Crippen molar-refractivity contribution >= 4 is 12.0 Å². The first-order valence-electron chi connectivity index (χ1n) is 10.3. The number of rotatable bonds is 10. The highest BCUT2D eigenvalue weighted by Gasteiger charge is 2.19. The molecule has 0 unspecified atom stereocenters. The second kappa shape index (κ2) is 11.1. The number of benzene rings is 2. The van der Waals surface area contributed by atoms with Crippen molar-refractivity contribution in [3.8, 4) is 23.0 Å². The van der Waals surface area contributed by atoms with E-state index in [0.29, 0.717) is 42.5 Å². The van der Waals surface area contributed by atoms with Crippen LogP contribution in [0.2, 0.25) is 0 Å². The minimum absolute atomic E-state index is 0.182. The highest BCUT2D eigenvalue weighted by molar-refractivity contribution is 5.80. The third-order valence-corrected chi connectivity index (χ3v) is 4.91. The van der Waals surface area contributed by atoms with Gasteiger partial charge in [-0.15, -0.1) is 0 Å². The fourth-order valence-electron chi connectivity index (χ4n) is 3.28. The molecule has 0 fully saturated rings. The topological polar surface area (TPSA) is 95.6 Å². The molecule has 0 saturated heterocycles. The van der Waals surface area contributed by atoms with Gasteiger partial charge in [-0.1, -0.05) is 12.1 Å². The quantitative estimate of drug-likeness (QED) is 0.563. The van der Waals surface area contributed by atoms with E-state index in [1.165, 1.54) is 0 Å². The van der Waals surface area contributed by atoms with E-state index in [0.717, 1.165) is 11.1 Å². The molecular formula is C23H28N2O7. The number of ether oxygens (including phenoxy) is 5. The second-order valence-corrected chi connectivity index (χ2v) is 7.01. The van der Waals surface area contributed by atoms with Gasteiger partial charge in [-0.25, -0.2) is 4.79 Å². The predicted molar refractivity (Wildman–Crippen MR) is 116 cm³/mol. The molecule has 0 saturated carbocycles. The molecule has 1 aliphatic heterocycles. The van der Waals surface area contributed by atoms with E-state index >= 15 is 0 Å². The summed E-state index contributed by atoms with van der Waals surface area (Å²) in [6.45, 7) is 2.71. The number of urea groups is 1. The van der Waals surface area contributed by atoms with Gasteiger partial charge in [-0.05, 0) is 48.7 Å². The van der Waals surface area contributed by atoms with Crippen molar-refractivity contribution in [3.05, 3.63) is 47.5 Å². The van der Waals surface area contributed by atoms with Crippen LogP contribution in [0.25, 0.3) is 0 Å². The van der Waals surface area contributed by atoms with E-state index < -0.39 is 5.97 Å². The van der Waals surface area contributed by atoms with Crippen molar-refractivity contribution in [2.24, 2.45) is 0 Å². The van der Waals surface area contributed by atoms with Gasteiger partial charge >= 0.3 is 12.0 Å². The van der Waals surface area contributed by atoms with Crippen molar-refractivity contribution in [1.29, 1.82) is 0 Å². The Morgan fingerprint density at radius 2 is 1.75 bits per heavy atom. The number of hydrogen-bond acceptors (Lipinski definition) is 7. The number of esters is 1. The van der Waals surface area contributed by atoms with Crippen LogP contribution in [0.15, 0.2) is 36.4 Å². The number of nitrogens with zero attached hydrogens (tertiary/aromatic N) is 1. The Hall–Kier alpha value is -3.62. The third kappa shape index (κ3) is 5.96. The summed E-state index contributed by atoms with van der Waals surface area (Å²) in [4.78, 5) is 26.1. The second-order valence-electron chi connectivity index (χ2n) is 7.01. The van der Waals surface area contributed by atoms with Crippen LogP contribution in [0.4, 0.5) is 4.79 Å². The Bertz CT molecular complexity index is 948. The molecule has 0 aromatic heterocycles. The van der Waals surface area contributed by atoms with Gasteiger partial charge in [0, 0.05) is 13.1 Å². The molecule has 0 bridgehead atoms. The lowest BCUT2D eigenvalue weighted by Crippen LogP contribution is -2.42. The molecule has 2 aromatic rings. The summed E-state index contributed by atoms with van der Waals surface area (Å²) < 4.78 is 26.3. The van der Waals surface area contributed by atoms with Gasteiger partial charge in [0.05, 0.1) is 20.8 Å². The fourth-order valence-corrected chi connectivity index (χ4v) is 3.28. The molecule has 0 radical (unpaired) electrons. The molecule has 1 N–H and O–H groups in total. The first-order chi connectivity index (χ1) is 15.5. The predicted octanol–water partition coefficient (Wildman–Crippen LogP) is 2.75. The maximum Gasteiger partial charge on any atom is 0.325 e. The first-order valence-corrected chi connectivity index (χ1v) is 10.3. The summed E-state index contributed by atoms with van der Waals surface area (Å²) in [5, 5.41) is 2.63. The molecule has 2 amide bonds. The Kier molecular flexibility index (Phi) is 8.02. The van der Waals surface area contributed by atoms with Crippen molar-refractivity contribution < 1.29 is 33.3 Å². The SMILES string of the molecule is CCOC(=O)CNC(=O)N(CCc1ccc(OC)c(OC)c1)Cc1ccc2c(c1)OCO2. The van der Waals surface area contributed by atoms with E-state index in [9.17, 15) is 9.59 Å². The summed E-state index contributed by atoms with van der Waals surface area (Å²) >= 11 is 0. The normalized spacial score (nSPS) is 11.6. The Balaban J connectivity index is 1.70. The smallest absolute Gasteiger partial charge is 0.325 e. The molecule has 0 aliphatic carbocycles. The summed E-state index contributed by atoms with van der Waals surface area (Å²) in [5.74, 6) is 2.11. The van der Waals surface area contributed by atoms with Crippen molar-refractivity contribution in [2.45, 2.75) is 19.9 Å². The zero-order chi connectivity index (χ0) is 22.9. The van der Waals surface area contributed by atoms with E-state index in [4.69, 9.17) is 23.7 Å². The zero-order valence-corrected chi connectivity index (χ0v) is 18.5. The summed E-state index contributed by atoms with van der Waals surface area (Å²) in [6.07, 6.45) is 0.581. The summed E-state index contributed by atoms with van der Waals surface area (Å²) in [5.41, 5.74) is 1.87. The molecule has 9 nitrogen and oxygen atoms in total. The molecule has 9 heteroatoms. The third-order valence-electron chi connectivity index (χ3n) is 4.91. The van der Waals surface area contributed by atoms with Crippen LogP contribution in [-0.2, 0) is 22.5 Å². The summed E-state index contributed by atoms with van der Waals surface area (Å²) in [6, 6.07) is 10.8.